The van der Waals surface area contributed by atoms with Crippen molar-refractivity contribution in [2.24, 2.45) is 0 Å². The molecule has 1 amide bonds. The zero-order chi connectivity index (χ0) is 14.3. The molecule has 0 fully saturated rings. The van der Waals surface area contributed by atoms with E-state index < -0.39 is 0 Å². The minimum atomic E-state index is -0.137. The van der Waals surface area contributed by atoms with Crippen LogP contribution in [0.25, 0.3) is 0 Å². The monoisotopic (exact) mass is 280 g/mol. The van der Waals surface area contributed by atoms with Gasteiger partial charge in [-0.3, -0.25) is 9.69 Å². The largest absolute Gasteiger partial charge is 0.397 e. The van der Waals surface area contributed by atoms with Gasteiger partial charge in [0.15, 0.2) is 0 Å². The molecule has 5 nitrogen and oxygen atoms in total. The van der Waals surface area contributed by atoms with Crippen molar-refractivity contribution in [2.45, 2.75) is 13.3 Å². The third-order valence-electron chi connectivity index (χ3n) is 2.63. The lowest BCUT2D eigenvalue weighted by atomic mass is 10.2. The van der Waals surface area contributed by atoms with Crippen LogP contribution in [-0.2, 0) is 4.79 Å². The van der Waals surface area contributed by atoms with Gasteiger partial charge < -0.3 is 11.1 Å². The van der Waals surface area contributed by atoms with Crippen molar-refractivity contribution in [1.82, 2.24) is 4.90 Å². The second-order valence-corrected chi connectivity index (χ2v) is 4.47. The fourth-order valence-electron chi connectivity index (χ4n) is 1.58. The lowest BCUT2D eigenvalue weighted by molar-refractivity contribution is -0.117. The predicted octanol–water partition coefficient (Wildman–Crippen LogP) is 2.10. The number of carbonyl (C=O) groups excluding carboxylic acids is 1. The van der Waals surface area contributed by atoms with Gasteiger partial charge in [0.25, 0.3) is 0 Å². The second kappa shape index (κ2) is 7.62. The first kappa shape index (κ1) is 15.3. The van der Waals surface area contributed by atoms with Crippen LogP contribution >= 0.6 is 11.6 Å². The Morgan fingerprint density at radius 1 is 1.58 bits per heavy atom. The molecule has 0 spiro atoms. The number of halogens is 1. The highest BCUT2D eigenvalue weighted by atomic mass is 35.5. The van der Waals surface area contributed by atoms with E-state index in [2.05, 4.69) is 11.4 Å². The maximum atomic E-state index is 11.8. The van der Waals surface area contributed by atoms with Gasteiger partial charge in [-0.1, -0.05) is 18.5 Å². The van der Waals surface area contributed by atoms with E-state index in [-0.39, 0.29) is 12.5 Å². The van der Waals surface area contributed by atoms with Crippen molar-refractivity contribution < 1.29 is 4.79 Å². The van der Waals surface area contributed by atoms with Gasteiger partial charge in [0.05, 0.1) is 23.3 Å². The Labute approximate surface area is 117 Å². The van der Waals surface area contributed by atoms with Crippen molar-refractivity contribution in [1.29, 1.82) is 5.26 Å². The van der Waals surface area contributed by atoms with Gasteiger partial charge in [-0.2, -0.15) is 5.26 Å². The van der Waals surface area contributed by atoms with Crippen molar-refractivity contribution in [3.8, 4) is 6.07 Å². The average molecular weight is 281 g/mol. The molecule has 6 heteroatoms. The molecule has 0 bridgehead atoms. The van der Waals surface area contributed by atoms with E-state index in [9.17, 15) is 4.79 Å². The number of nitrogens with two attached hydrogens (primary N) is 1. The summed E-state index contributed by atoms with van der Waals surface area (Å²) < 4.78 is 0. The number of rotatable bonds is 6. The van der Waals surface area contributed by atoms with Gasteiger partial charge >= 0.3 is 0 Å². The Bertz CT molecular complexity index is 484. The Hall–Kier alpha value is -1.77. The number of anilines is 2. The summed E-state index contributed by atoms with van der Waals surface area (Å²) in [6.07, 6.45) is 0.412. The van der Waals surface area contributed by atoms with E-state index in [0.29, 0.717) is 29.4 Å². The van der Waals surface area contributed by atoms with E-state index >= 15 is 0 Å². The van der Waals surface area contributed by atoms with E-state index in [1.165, 1.54) is 0 Å². The van der Waals surface area contributed by atoms with E-state index in [4.69, 9.17) is 22.6 Å². The van der Waals surface area contributed by atoms with Crippen LogP contribution in [0, 0.1) is 11.3 Å². The van der Waals surface area contributed by atoms with Crippen molar-refractivity contribution in [3.63, 3.8) is 0 Å². The number of carbonyl (C=O) groups is 1. The summed E-state index contributed by atoms with van der Waals surface area (Å²) in [5.74, 6) is -0.137. The molecule has 0 aromatic heterocycles. The van der Waals surface area contributed by atoms with Crippen LogP contribution in [0.4, 0.5) is 11.4 Å². The number of likely N-dealkylation sites (N-methyl/N-ethyl adjacent to an activating group) is 1. The number of benzene rings is 1. The highest BCUT2D eigenvalue weighted by Crippen LogP contribution is 2.22. The fourth-order valence-corrected chi connectivity index (χ4v) is 1.70. The number of amides is 1. The van der Waals surface area contributed by atoms with Crippen LogP contribution in [-0.4, -0.2) is 30.4 Å². The topological polar surface area (TPSA) is 82.2 Å². The quantitative estimate of drug-likeness (QED) is 0.782. The molecule has 0 saturated carbocycles. The Kier molecular flexibility index (Phi) is 6.13. The highest BCUT2D eigenvalue weighted by molar-refractivity contribution is 6.33. The SMILES string of the molecule is CCN(CCC#N)CC(=O)Nc1ccc(Cl)c(N)c1. The summed E-state index contributed by atoms with van der Waals surface area (Å²) in [5, 5.41) is 11.7. The minimum Gasteiger partial charge on any atom is -0.397 e. The normalized spacial score (nSPS) is 10.2. The maximum Gasteiger partial charge on any atom is 0.238 e. The smallest absolute Gasteiger partial charge is 0.238 e. The molecule has 0 radical (unpaired) electrons. The third kappa shape index (κ3) is 5.16. The predicted molar refractivity (Wildman–Crippen MR) is 76.8 cm³/mol. The standard InChI is InChI=1S/C13H17ClN4O/c1-2-18(7-3-6-15)9-13(19)17-10-4-5-11(14)12(16)8-10/h4-5,8H,2-3,7,9,16H2,1H3,(H,17,19). The lowest BCUT2D eigenvalue weighted by Crippen LogP contribution is -2.33. The van der Waals surface area contributed by atoms with E-state index in [1.54, 1.807) is 18.2 Å². The van der Waals surface area contributed by atoms with Gasteiger partial charge in [0.1, 0.15) is 0 Å². The molecule has 0 heterocycles. The van der Waals surface area contributed by atoms with Crippen molar-refractivity contribution in [2.75, 3.05) is 30.7 Å². The van der Waals surface area contributed by atoms with Crippen LogP contribution in [0.5, 0.6) is 0 Å². The average Bonchev–Trinajstić information content (AvgIpc) is 2.38. The Morgan fingerprint density at radius 2 is 2.32 bits per heavy atom. The first-order chi connectivity index (χ1) is 9.06. The molecule has 19 heavy (non-hydrogen) atoms. The molecule has 1 aromatic rings. The molecule has 102 valence electrons. The number of nitrogens with one attached hydrogen (secondary N) is 1. The van der Waals surface area contributed by atoms with Crippen LogP contribution in [0.15, 0.2) is 18.2 Å². The minimum absolute atomic E-state index is 0.137. The molecule has 1 aromatic carbocycles. The van der Waals surface area contributed by atoms with E-state index in [1.807, 2.05) is 11.8 Å². The third-order valence-corrected chi connectivity index (χ3v) is 2.98. The summed E-state index contributed by atoms with van der Waals surface area (Å²) >= 11 is 5.80. The molecular formula is C13H17ClN4O. The Morgan fingerprint density at radius 3 is 2.89 bits per heavy atom. The fraction of sp³-hybridized carbons (Fsp3) is 0.385. The van der Waals surface area contributed by atoms with Crippen LogP contribution in [0.3, 0.4) is 0 Å². The number of hydrogen-bond acceptors (Lipinski definition) is 4. The molecule has 1 rings (SSSR count). The van der Waals surface area contributed by atoms with Gasteiger partial charge in [-0.15, -0.1) is 0 Å². The van der Waals surface area contributed by atoms with Crippen LogP contribution in [0.2, 0.25) is 5.02 Å². The molecule has 0 unspecified atom stereocenters. The summed E-state index contributed by atoms with van der Waals surface area (Å²) in [4.78, 5) is 13.7. The molecule has 0 aliphatic carbocycles. The highest BCUT2D eigenvalue weighted by Gasteiger charge is 2.09. The van der Waals surface area contributed by atoms with Gasteiger partial charge in [0, 0.05) is 18.7 Å². The van der Waals surface area contributed by atoms with Gasteiger partial charge in [0.2, 0.25) is 5.91 Å². The summed E-state index contributed by atoms with van der Waals surface area (Å²) in [6, 6.07) is 7.02. The molecule has 0 atom stereocenters. The zero-order valence-electron chi connectivity index (χ0n) is 10.8. The Balaban J connectivity index is 2.54. The lowest BCUT2D eigenvalue weighted by Gasteiger charge is -2.18. The number of nitrogens with zero attached hydrogens (tertiary/aromatic N) is 2. The number of nitrogen functional groups attached to an aromatic ring is 1. The van der Waals surface area contributed by atoms with Crippen molar-refractivity contribution in [3.05, 3.63) is 23.2 Å². The zero-order valence-corrected chi connectivity index (χ0v) is 11.6. The van der Waals surface area contributed by atoms with E-state index in [0.717, 1.165) is 6.54 Å². The molecule has 0 saturated heterocycles. The molecule has 0 aliphatic heterocycles. The number of nitriles is 1. The number of hydrogen-bond donors (Lipinski definition) is 2. The summed E-state index contributed by atoms with van der Waals surface area (Å²) in [5.41, 5.74) is 6.70. The van der Waals surface area contributed by atoms with Gasteiger partial charge in [-0.05, 0) is 24.7 Å². The molecule has 3 N–H and O–H groups in total. The molecular weight excluding hydrogens is 264 g/mol. The maximum absolute atomic E-state index is 11.8. The first-order valence-corrected chi connectivity index (χ1v) is 6.38. The van der Waals surface area contributed by atoms with Crippen LogP contribution in [0.1, 0.15) is 13.3 Å². The van der Waals surface area contributed by atoms with Crippen molar-refractivity contribution >= 4 is 28.9 Å². The summed E-state index contributed by atoms with van der Waals surface area (Å²) in [6.45, 7) is 3.51. The molecule has 0 aliphatic rings. The first-order valence-electron chi connectivity index (χ1n) is 6.01. The summed E-state index contributed by atoms with van der Waals surface area (Å²) in [7, 11) is 0. The second-order valence-electron chi connectivity index (χ2n) is 4.06. The van der Waals surface area contributed by atoms with Gasteiger partial charge in [-0.25, -0.2) is 0 Å². The van der Waals surface area contributed by atoms with Crippen LogP contribution < -0.4 is 11.1 Å².